The van der Waals surface area contributed by atoms with Crippen LogP contribution >= 0.6 is 12.6 Å². The molecule has 1 fully saturated rings. The highest BCUT2D eigenvalue weighted by molar-refractivity contribution is 7.80. The van der Waals surface area contributed by atoms with Crippen molar-refractivity contribution in [3.05, 3.63) is 12.2 Å². The van der Waals surface area contributed by atoms with Gasteiger partial charge in [0.2, 0.25) is 0 Å². The number of ether oxygens (including phenoxy) is 2. The Morgan fingerprint density at radius 2 is 2.21 bits per heavy atom. The molecule has 2 aromatic heterocycles. The third-order valence-corrected chi connectivity index (χ3v) is 4.52. The first-order valence-electron chi connectivity index (χ1n) is 8.15. The topological polar surface area (TPSA) is 108 Å². The number of rotatable bonds is 6. The van der Waals surface area contributed by atoms with Crippen molar-refractivity contribution in [3.63, 3.8) is 0 Å². The average Bonchev–Trinajstić information content (AvgIpc) is 3.11. The zero-order valence-electron chi connectivity index (χ0n) is 13.8. The van der Waals surface area contributed by atoms with Gasteiger partial charge in [-0.1, -0.05) is 13.8 Å². The van der Waals surface area contributed by atoms with Crippen LogP contribution < -0.4 is 5.73 Å². The highest BCUT2D eigenvalue weighted by atomic mass is 32.1. The van der Waals surface area contributed by atoms with E-state index in [4.69, 9.17) is 15.2 Å². The molecular weight excluding hydrogens is 330 g/mol. The van der Waals surface area contributed by atoms with Crippen LogP contribution in [0.5, 0.6) is 0 Å². The molecule has 1 aliphatic rings. The number of aromatic nitrogens is 4. The van der Waals surface area contributed by atoms with Crippen molar-refractivity contribution in [2.45, 2.75) is 51.2 Å². The van der Waals surface area contributed by atoms with Crippen molar-refractivity contribution in [3.8, 4) is 0 Å². The summed E-state index contributed by atoms with van der Waals surface area (Å²) in [7, 11) is 0. The van der Waals surface area contributed by atoms with Crippen LogP contribution in [-0.4, -0.2) is 55.3 Å². The highest BCUT2D eigenvalue weighted by Gasteiger charge is 2.46. The number of nitrogens with zero attached hydrogens (tertiary/aromatic N) is 4. The fraction of sp³-hybridized carbons (Fsp3) is 0.667. The quantitative estimate of drug-likeness (QED) is 0.664. The number of aryl methyl sites for hydroxylation is 1. The molecule has 0 aromatic carbocycles. The summed E-state index contributed by atoms with van der Waals surface area (Å²) < 4.78 is 13.8. The van der Waals surface area contributed by atoms with E-state index in [0.717, 1.165) is 12.2 Å². The molecule has 3 heterocycles. The zero-order chi connectivity index (χ0) is 17.3. The van der Waals surface area contributed by atoms with Crippen molar-refractivity contribution in [1.29, 1.82) is 0 Å². The van der Waals surface area contributed by atoms with Gasteiger partial charge in [0.15, 0.2) is 23.2 Å². The van der Waals surface area contributed by atoms with Crippen molar-refractivity contribution in [2.75, 3.05) is 18.1 Å². The number of aliphatic hydroxyl groups is 1. The molecule has 0 bridgehead atoms. The molecule has 0 saturated carbocycles. The maximum absolute atomic E-state index is 10.5. The lowest BCUT2D eigenvalue weighted by Gasteiger charge is -2.23. The molecule has 0 amide bonds. The minimum Gasteiger partial charge on any atom is -0.387 e. The van der Waals surface area contributed by atoms with Crippen LogP contribution in [0, 0.1) is 0 Å². The van der Waals surface area contributed by atoms with Gasteiger partial charge < -0.3 is 20.3 Å². The number of hydrogen-bond donors (Lipinski definition) is 3. The molecule has 1 aliphatic heterocycles. The minimum atomic E-state index is -0.764. The van der Waals surface area contributed by atoms with E-state index in [9.17, 15) is 5.11 Å². The lowest BCUT2D eigenvalue weighted by molar-refractivity contribution is -0.0665. The van der Waals surface area contributed by atoms with Crippen LogP contribution in [0.3, 0.4) is 0 Å². The van der Waals surface area contributed by atoms with Gasteiger partial charge in [0, 0.05) is 18.8 Å². The average molecular weight is 353 g/mol. The van der Waals surface area contributed by atoms with Crippen LogP contribution in [0.2, 0.25) is 0 Å². The number of hydrogen-bond acceptors (Lipinski definition) is 8. The second-order valence-corrected chi connectivity index (χ2v) is 6.12. The number of nitrogens with two attached hydrogens (primary N) is 1. The van der Waals surface area contributed by atoms with E-state index >= 15 is 0 Å². The first kappa shape index (κ1) is 17.4. The minimum absolute atomic E-state index is 0.323. The molecule has 2 aromatic rings. The van der Waals surface area contributed by atoms with Gasteiger partial charge >= 0.3 is 0 Å². The molecule has 1 saturated heterocycles. The number of anilines is 1. The Balaban J connectivity index is 2.08. The Bertz CT molecular complexity index is 710. The molecule has 3 N–H and O–H groups in total. The third-order valence-electron chi connectivity index (χ3n) is 4.16. The molecule has 0 radical (unpaired) electrons. The Labute approximate surface area is 145 Å². The van der Waals surface area contributed by atoms with Gasteiger partial charge in [-0.3, -0.25) is 4.57 Å². The Morgan fingerprint density at radius 1 is 1.42 bits per heavy atom. The molecule has 3 rings (SSSR count). The summed E-state index contributed by atoms with van der Waals surface area (Å²) in [5.74, 6) is 1.48. The van der Waals surface area contributed by atoms with Gasteiger partial charge in [-0.25, -0.2) is 15.0 Å². The Hall–Kier alpha value is -1.42. The number of fused-ring (bicyclic) bond motifs is 1. The molecule has 0 unspecified atom stereocenters. The summed E-state index contributed by atoms with van der Waals surface area (Å²) in [6, 6.07) is 0. The first-order valence-corrected chi connectivity index (χ1v) is 8.78. The predicted molar refractivity (Wildman–Crippen MR) is 92.9 cm³/mol. The molecule has 4 atom stereocenters. The SMILES string of the molecule is CCCO[C@@H]1[C@H](O)[C@@H](CS)O[C@H]1n1c(CC)nc2c(N)ncnc21. The largest absolute Gasteiger partial charge is 0.387 e. The van der Waals surface area contributed by atoms with E-state index in [1.165, 1.54) is 6.33 Å². The van der Waals surface area contributed by atoms with Crippen LogP contribution in [-0.2, 0) is 15.9 Å². The van der Waals surface area contributed by atoms with Crippen molar-refractivity contribution >= 4 is 29.6 Å². The van der Waals surface area contributed by atoms with E-state index in [0.29, 0.717) is 35.8 Å². The summed E-state index contributed by atoms with van der Waals surface area (Å²) >= 11 is 4.27. The predicted octanol–water partition coefficient (Wildman–Crippen LogP) is 0.954. The number of thiol groups is 1. The molecule has 8 nitrogen and oxygen atoms in total. The lowest BCUT2D eigenvalue weighted by Crippen LogP contribution is -2.35. The summed E-state index contributed by atoms with van der Waals surface area (Å²) in [5, 5.41) is 10.5. The summed E-state index contributed by atoms with van der Waals surface area (Å²) in [4.78, 5) is 12.9. The van der Waals surface area contributed by atoms with Gasteiger partial charge in [0.25, 0.3) is 0 Å². The van der Waals surface area contributed by atoms with E-state index in [1.54, 1.807) is 0 Å². The molecule has 0 aliphatic carbocycles. The maximum atomic E-state index is 10.5. The first-order chi connectivity index (χ1) is 11.6. The Morgan fingerprint density at radius 3 is 2.88 bits per heavy atom. The standard InChI is InChI=1S/C15H23N5O3S/c1-3-5-22-12-11(21)8(6-24)23-15(12)20-9(4-2)19-10-13(16)17-7-18-14(10)20/h7-8,11-12,15,21,24H,3-6H2,1-2H3,(H2,16,17,18)/t8-,11-,12-,15-/m1/s1. The summed E-state index contributed by atoms with van der Waals surface area (Å²) in [6.45, 7) is 4.54. The van der Waals surface area contributed by atoms with E-state index in [1.807, 2.05) is 18.4 Å². The van der Waals surface area contributed by atoms with Crippen molar-refractivity contribution in [1.82, 2.24) is 19.5 Å². The van der Waals surface area contributed by atoms with Gasteiger partial charge in [0.05, 0.1) is 6.10 Å². The van der Waals surface area contributed by atoms with Crippen LogP contribution in [0.25, 0.3) is 11.2 Å². The second-order valence-electron chi connectivity index (χ2n) is 5.76. The summed E-state index contributed by atoms with van der Waals surface area (Å²) in [5.41, 5.74) is 7.05. The fourth-order valence-corrected chi connectivity index (χ4v) is 3.30. The number of imidazole rings is 1. The van der Waals surface area contributed by atoms with E-state index in [-0.39, 0.29) is 0 Å². The van der Waals surface area contributed by atoms with Gasteiger partial charge in [-0.15, -0.1) is 0 Å². The third kappa shape index (κ3) is 2.85. The maximum Gasteiger partial charge on any atom is 0.167 e. The molecule has 0 spiro atoms. The van der Waals surface area contributed by atoms with Gasteiger partial charge in [0.1, 0.15) is 24.4 Å². The number of nitrogen functional groups attached to an aromatic ring is 1. The van der Waals surface area contributed by atoms with E-state index < -0.39 is 24.5 Å². The summed E-state index contributed by atoms with van der Waals surface area (Å²) in [6.07, 6.45) is 0.694. The van der Waals surface area contributed by atoms with E-state index in [2.05, 4.69) is 27.6 Å². The van der Waals surface area contributed by atoms with Gasteiger partial charge in [-0.05, 0) is 6.42 Å². The Kier molecular flexibility index (Phi) is 5.24. The monoisotopic (exact) mass is 353 g/mol. The van der Waals surface area contributed by atoms with Crippen LogP contribution in [0.1, 0.15) is 32.3 Å². The molecular formula is C15H23N5O3S. The molecule has 24 heavy (non-hydrogen) atoms. The van der Waals surface area contributed by atoms with Gasteiger partial charge in [-0.2, -0.15) is 12.6 Å². The van der Waals surface area contributed by atoms with Crippen LogP contribution in [0.15, 0.2) is 6.33 Å². The van der Waals surface area contributed by atoms with Crippen molar-refractivity contribution in [2.24, 2.45) is 0 Å². The van der Waals surface area contributed by atoms with Crippen LogP contribution in [0.4, 0.5) is 5.82 Å². The highest BCUT2D eigenvalue weighted by Crippen LogP contribution is 2.35. The number of aliphatic hydroxyl groups excluding tert-OH is 1. The second kappa shape index (κ2) is 7.22. The lowest BCUT2D eigenvalue weighted by atomic mass is 10.1. The molecule has 132 valence electrons. The van der Waals surface area contributed by atoms with Crippen molar-refractivity contribution < 1.29 is 14.6 Å². The zero-order valence-corrected chi connectivity index (χ0v) is 14.7. The normalized spacial score (nSPS) is 27.2. The fourth-order valence-electron chi connectivity index (χ4n) is 3.00. The smallest absolute Gasteiger partial charge is 0.167 e. The molecule has 9 heteroatoms.